The molecule has 0 aliphatic rings. The average molecular weight is 251 g/mol. The van der Waals surface area contributed by atoms with Crippen LogP contribution in [-0.4, -0.2) is 15.0 Å². The lowest BCUT2D eigenvalue weighted by molar-refractivity contribution is 1.18. The smallest absolute Gasteiger partial charge is 0.141 e. The van der Waals surface area contributed by atoms with E-state index in [1.807, 2.05) is 12.1 Å². The lowest BCUT2D eigenvalue weighted by Crippen LogP contribution is -1.93. The molecule has 0 bridgehead atoms. The lowest BCUT2D eigenvalue weighted by atomic mass is 10.3. The second-order valence-electron chi connectivity index (χ2n) is 2.69. The molecule has 14 heavy (non-hydrogen) atoms. The van der Waals surface area contributed by atoms with E-state index >= 15 is 0 Å². The number of anilines is 1. The first-order chi connectivity index (χ1) is 6.75. The van der Waals surface area contributed by atoms with Gasteiger partial charge in [0, 0.05) is 10.7 Å². The van der Waals surface area contributed by atoms with Crippen LogP contribution in [0.25, 0.3) is 11.4 Å². The van der Waals surface area contributed by atoms with Crippen molar-refractivity contribution in [3.63, 3.8) is 0 Å². The zero-order valence-corrected chi connectivity index (χ0v) is 8.77. The van der Waals surface area contributed by atoms with Gasteiger partial charge in [-0.3, -0.25) is 4.98 Å². The van der Waals surface area contributed by atoms with Gasteiger partial charge in [0.1, 0.15) is 11.5 Å². The summed E-state index contributed by atoms with van der Waals surface area (Å²) in [7, 11) is 0. The van der Waals surface area contributed by atoms with Crippen LogP contribution in [0.3, 0.4) is 0 Å². The fourth-order valence-corrected chi connectivity index (χ4v) is 1.35. The number of halogens is 1. The van der Waals surface area contributed by atoms with E-state index in [-0.39, 0.29) is 0 Å². The van der Waals surface area contributed by atoms with Crippen LogP contribution in [-0.2, 0) is 0 Å². The molecule has 5 heteroatoms. The van der Waals surface area contributed by atoms with E-state index in [0.29, 0.717) is 11.5 Å². The van der Waals surface area contributed by atoms with E-state index in [2.05, 4.69) is 30.9 Å². The highest BCUT2D eigenvalue weighted by molar-refractivity contribution is 9.10. The Labute approximate surface area is 89.4 Å². The Kier molecular flexibility index (Phi) is 2.41. The van der Waals surface area contributed by atoms with Crippen molar-refractivity contribution in [1.29, 1.82) is 0 Å². The van der Waals surface area contributed by atoms with Gasteiger partial charge in [-0.15, -0.1) is 0 Å². The van der Waals surface area contributed by atoms with Crippen LogP contribution in [0.4, 0.5) is 5.82 Å². The second kappa shape index (κ2) is 3.71. The zero-order chi connectivity index (χ0) is 9.97. The number of pyridine rings is 1. The largest absolute Gasteiger partial charge is 0.382 e. The first-order valence-corrected chi connectivity index (χ1v) is 4.74. The molecule has 2 rings (SSSR count). The summed E-state index contributed by atoms with van der Waals surface area (Å²) < 4.78 is 0.959. The highest BCUT2D eigenvalue weighted by Gasteiger charge is 2.01. The standard InChI is InChI=1S/C9H7BrN4/c10-6-1-2-12-7(3-6)8-4-14-9(11)5-13-8/h1-5H,(H2,11,14). The van der Waals surface area contributed by atoms with E-state index in [9.17, 15) is 0 Å². The highest BCUT2D eigenvalue weighted by Crippen LogP contribution is 2.17. The van der Waals surface area contributed by atoms with Crippen LogP contribution in [0.2, 0.25) is 0 Å². The Balaban J connectivity index is 2.44. The highest BCUT2D eigenvalue weighted by atomic mass is 79.9. The Morgan fingerprint density at radius 1 is 1.07 bits per heavy atom. The number of nitrogens with two attached hydrogens (primary N) is 1. The number of nitrogens with zero attached hydrogens (tertiary/aromatic N) is 3. The van der Waals surface area contributed by atoms with Crippen LogP contribution in [0.15, 0.2) is 35.2 Å². The topological polar surface area (TPSA) is 64.7 Å². The third kappa shape index (κ3) is 1.88. The Morgan fingerprint density at radius 3 is 2.57 bits per heavy atom. The molecule has 0 radical (unpaired) electrons. The van der Waals surface area contributed by atoms with Crippen molar-refractivity contribution in [2.24, 2.45) is 0 Å². The monoisotopic (exact) mass is 250 g/mol. The Hall–Kier alpha value is -1.49. The van der Waals surface area contributed by atoms with Gasteiger partial charge in [0.15, 0.2) is 0 Å². The SMILES string of the molecule is Nc1cnc(-c2cc(Br)ccn2)cn1. The minimum absolute atomic E-state index is 0.406. The van der Waals surface area contributed by atoms with Crippen LogP contribution in [0.5, 0.6) is 0 Å². The molecule has 0 aromatic carbocycles. The second-order valence-corrected chi connectivity index (χ2v) is 3.60. The summed E-state index contributed by atoms with van der Waals surface area (Å²) in [5, 5.41) is 0. The quantitative estimate of drug-likeness (QED) is 0.840. The summed E-state index contributed by atoms with van der Waals surface area (Å²) in [4.78, 5) is 12.2. The van der Waals surface area contributed by atoms with Gasteiger partial charge in [0.2, 0.25) is 0 Å². The van der Waals surface area contributed by atoms with Crippen LogP contribution >= 0.6 is 15.9 Å². The third-order valence-corrected chi connectivity index (χ3v) is 2.15. The van der Waals surface area contributed by atoms with Crippen LogP contribution in [0.1, 0.15) is 0 Å². The molecule has 0 saturated carbocycles. The third-order valence-electron chi connectivity index (χ3n) is 1.66. The molecule has 0 aliphatic carbocycles. The summed E-state index contributed by atoms with van der Waals surface area (Å²) in [6, 6.07) is 3.73. The molecule has 0 amide bonds. The normalized spacial score (nSPS) is 10.1. The fraction of sp³-hybridized carbons (Fsp3) is 0. The van der Waals surface area contributed by atoms with Crippen molar-refractivity contribution < 1.29 is 0 Å². The van der Waals surface area contributed by atoms with Crippen molar-refractivity contribution in [2.45, 2.75) is 0 Å². The van der Waals surface area contributed by atoms with Crippen LogP contribution in [0, 0.1) is 0 Å². The van der Waals surface area contributed by atoms with E-state index in [0.717, 1.165) is 10.2 Å². The summed E-state index contributed by atoms with van der Waals surface area (Å²) >= 11 is 3.36. The molecule has 70 valence electrons. The molecule has 0 fully saturated rings. The summed E-state index contributed by atoms with van der Waals surface area (Å²) in [6.07, 6.45) is 4.82. The van der Waals surface area contributed by atoms with Crippen molar-refractivity contribution in [1.82, 2.24) is 15.0 Å². The maximum Gasteiger partial charge on any atom is 0.141 e. The van der Waals surface area contributed by atoms with Gasteiger partial charge in [0.25, 0.3) is 0 Å². The molecular formula is C9H7BrN4. The van der Waals surface area contributed by atoms with E-state index in [1.54, 1.807) is 12.4 Å². The number of hydrogen-bond donors (Lipinski definition) is 1. The molecular weight excluding hydrogens is 244 g/mol. The zero-order valence-electron chi connectivity index (χ0n) is 7.18. The number of aromatic nitrogens is 3. The maximum atomic E-state index is 5.43. The molecule has 0 saturated heterocycles. The molecule has 0 aliphatic heterocycles. The van der Waals surface area contributed by atoms with Crippen molar-refractivity contribution in [3.05, 3.63) is 35.2 Å². The number of hydrogen-bond acceptors (Lipinski definition) is 4. The van der Waals surface area contributed by atoms with E-state index < -0.39 is 0 Å². The summed E-state index contributed by atoms with van der Waals surface area (Å²) in [6.45, 7) is 0. The van der Waals surface area contributed by atoms with Gasteiger partial charge in [-0.2, -0.15) is 0 Å². The minimum atomic E-state index is 0.406. The fourth-order valence-electron chi connectivity index (χ4n) is 1.02. The van der Waals surface area contributed by atoms with E-state index in [4.69, 9.17) is 5.73 Å². The van der Waals surface area contributed by atoms with Gasteiger partial charge in [-0.25, -0.2) is 9.97 Å². The molecule has 0 unspecified atom stereocenters. The maximum absolute atomic E-state index is 5.43. The number of nitrogen functional groups attached to an aromatic ring is 1. The molecule has 4 nitrogen and oxygen atoms in total. The average Bonchev–Trinajstić information content (AvgIpc) is 2.19. The van der Waals surface area contributed by atoms with Gasteiger partial charge >= 0.3 is 0 Å². The molecule has 2 aromatic heterocycles. The molecule has 0 spiro atoms. The van der Waals surface area contributed by atoms with Gasteiger partial charge in [-0.1, -0.05) is 15.9 Å². The first-order valence-electron chi connectivity index (χ1n) is 3.95. The molecule has 2 N–H and O–H groups in total. The van der Waals surface area contributed by atoms with Crippen LogP contribution < -0.4 is 5.73 Å². The summed E-state index contributed by atoms with van der Waals surface area (Å²) in [5.74, 6) is 0.406. The Bertz CT molecular complexity index is 441. The predicted molar refractivity (Wildman–Crippen MR) is 57.4 cm³/mol. The molecule has 2 aromatic rings. The molecule has 2 heterocycles. The van der Waals surface area contributed by atoms with Gasteiger partial charge in [0.05, 0.1) is 18.1 Å². The number of rotatable bonds is 1. The summed E-state index contributed by atoms with van der Waals surface area (Å²) in [5.41, 5.74) is 6.91. The van der Waals surface area contributed by atoms with Gasteiger partial charge < -0.3 is 5.73 Å². The van der Waals surface area contributed by atoms with E-state index in [1.165, 1.54) is 6.20 Å². The Morgan fingerprint density at radius 2 is 1.93 bits per heavy atom. The van der Waals surface area contributed by atoms with Crippen molar-refractivity contribution >= 4 is 21.7 Å². The van der Waals surface area contributed by atoms with Crippen molar-refractivity contribution in [3.8, 4) is 11.4 Å². The van der Waals surface area contributed by atoms with Crippen molar-refractivity contribution in [2.75, 3.05) is 5.73 Å². The minimum Gasteiger partial charge on any atom is -0.382 e. The first kappa shape index (κ1) is 9.08. The molecule has 0 atom stereocenters. The van der Waals surface area contributed by atoms with Gasteiger partial charge in [-0.05, 0) is 12.1 Å². The predicted octanol–water partition coefficient (Wildman–Crippen LogP) is 1.88. The lowest BCUT2D eigenvalue weighted by Gasteiger charge is -1.99.